The molecule has 2 fully saturated rings. The van der Waals surface area contributed by atoms with Gasteiger partial charge in [-0.25, -0.2) is 8.42 Å². The maximum absolute atomic E-state index is 13.0. The number of carbonyl (C=O) groups is 2. The first-order chi connectivity index (χ1) is 15.4. The minimum Gasteiger partial charge on any atom is -0.353 e. The van der Waals surface area contributed by atoms with Gasteiger partial charge in [0.15, 0.2) is 0 Å². The molecule has 0 radical (unpaired) electrons. The number of anilines is 1. The Hall–Kier alpha value is -2.87. The van der Waals surface area contributed by atoms with Crippen molar-refractivity contribution in [2.75, 3.05) is 17.8 Å². The van der Waals surface area contributed by atoms with Crippen LogP contribution in [0.15, 0.2) is 59.5 Å². The predicted molar refractivity (Wildman–Crippen MR) is 123 cm³/mol. The van der Waals surface area contributed by atoms with Crippen molar-refractivity contribution >= 4 is 27.5 Å². The summed E-state index contributed by atoms with van der Waals surface area (Å²) in [5, 5.41) is 3.15. The Morgan fingerprint density at radius 3 is 2.25 bits per heavy atom. The summed E-state index contributed by atoms with van der Waals surface area (Å²) in [6.45, 7) is 1.04. The summed E-state index contributed by atoms with van der Waals surface area (Å²) in [5.74, 6) is -0.258. The molecule has 1 unspecified atom stereocenters. The second-order valence-electron chi connectivity index (χ2n) is 8.58. The second-order valence-corrected chi connectivity index (χ2v) is 10.3. The maximum Gasteiger partial charge on any atom is 0.261 e. The van der Waals surface area contributed by atoms with E-state index in [-0.39, 0.29) is 28.7 Å². The van der Waals surface area contributed by atoms with Crippen LogP contribution in [0, 0.1) is 5.92 Å². The zero-order chi connectivity index (χ0) is 22.6. The van der Waals surface area contributed by atoms with Gasteiger partial charge in [-0.3, -0.25) is 14.3 Å². The molecule has 2 N–H and O–H groups in total. The van der Waals surface area contributed by atoms with Gasteiger partial charge < -0.3 is 10.2 Å². The molecule has 2 aliphatic rings. The van der Waals surface area contributed by atoms with Crippen LogP contribution in [0.1, 0.15) is 48.9 Å². The molecule has 2 amide bonds. The molecule has 1 heterocycles. The Kier molecular flexibility index (Phi) is 6.79. The highest BCUT2D eigenvalue weighted by Gasteiger charge is 2.30. The Bertz CT molecular complexity index is 1050. The van der Waals surface area contributed by atoms with E-state index >= 15 is 0 Å². The van der Waals surface area contributed by atoms with Gasteiger partial charge in [0, 0.05) is 30.4 Å². The summed E-state index contributed by atoms with van der Waals surface area (Å²) >= 11 is 0. The number of rotatable bonds is 6. The van der Waals surface area contributed by atoms with Gasteiger partial charge in [-0.15, -0.1) is 0 Å². The minimum absolute atomic E-state index is 0.0556. The molecule has 2 aromatic rings. The number of nitrogens with zero attached hydrogens (tertiary/aromatic N) is 1. The molecule has 1 aliphatic heterocycles. The standard InChI is InChI=1S/C24H29N3O4S/c28-23(25-20-8-4-5-9-20)19-7-6-16-27(17-19)24(29)18-12-14-21(15-13-18)26-32(30,31)22-10-2-1-3-11-22/h1-3,10-15,19-20,26H,4-9,16-17H2,(H,25,28). The smallest absolute Gasteiger partial charge is 0.261 e. The number of piperidine rings is 1. The molecule has 1 atom stereocenters. The third-order valence-electron chi connectivity index (χ3n) is 6.22. The minimum atomic E-state index is -3.68. The zero-order valence-electron chi connectivity index (χ0n) is 18.0. The molecule has 170 valence electrons. The number of nitrogens with one attached hydrogen (secondary N) is 2. The summed E-state index contributed by atoms with van der Waals surface area (Å²) in [6.07, 6.45) is 6.00. The van der Waals surface area contributed by atoms with Gasteiger partial charge in [0.1, 0.15) is 0 Å². The average Bonchev–Trinajstić information content (AvgIpc) is 3.32. The molecular weight excluding hydrogens is 426 g/mol. The van der Waals surface area contributed by atoms with E-state index in [4.69, 9.17) is 0 Å². The van der Waals surface area contributed by atoms with E-state index < -0.39 is 10.0 Å². The normalized spacial score (nSPS) is 19.5. The summed E-state index contributed by atoms with van der Waals surface area (Å²) in [4.78, 5) is 27.5. The average molecular weight is 456 g/mol. The lowest BCUT2D eigenvalue weighted by molar-refractivity contribution is -0.127. The van der Waals surface area contributed by atoms with Gasteiger partial charge in [-0.05, 0) is 62.1 Å². The molecule has 0 aromatic heterocycles. The van der Waals surface area contributed by atoms with Crippen LogP contribution in [0.2, 0.25) is 0 Å². The van der Waals surface area contributed by atoms with E-state index in [0.29, 0.717) is 24.3 Å². The van der Waals surface area contributed by atoms with Gasteiger partial charge in [-0.2, -0.15) is 0 Å². The van der Waals surface area contributed by atoms with Crippen LogP contribution >= 0.6 is 0 Å². The molecule has 1 saturated carbocycles. The largest absolute Gasteiger partial charge is 0.353 e. The Labute approximate surface area is 189 Å². The Balaban J connectivity index is 1.37. The Morgan fingerprint density at radius 2 is 1.56 bits per heavy atom. The van der Waals surface area contributed by atoms with E-state index in [0.717, 1.165) is 38.5 Å². The van der Waals surface area contributed by atoms with E-state index in [9.17, 15) is 18.0 Å². The SMILES string of the molecule is O=C(NC1CCCC1)C1CCCN(C(=O)c2ccc(NS(=O)(=O)c3ccccc3)cc2)C1. The predicted octanol–water partition coefficient (Wildman–Crippen LogP) is 3.40. The molecule has 1 aliphatic carbocycles. The quantitative estimate of drug-likeness (QED) is 0.698. The van der Waals surface area contributed by atoms with Crippen molar-refractivity contribution in [3.63, 3.8) is 0 Å². The highest BCUT2D eigenvalue weighted by molar-refractivity contribution is 7.92. The zero-order valence-corrected chi connectivity index (χ0v) is 18.8. The van der Waals surface area contributed by atoms with Crippen LogP contribution in [-0.2, 0) is 14.8 Å². The van der Waals surface area contributed by atoms with E-state index in [2.05, 4.69) is 10.0 Å². The third kappa shape index (κ3) is 5.30. The second kappa shape index (κ2) is 9.73. The van der Waals surface area contributed by atoms with Crippen molar-refractivity contribution in [3.8, 4) is 0 Å². The van der Waals surface area contributed by atoms with Gasteiger partial charge in [-0.1, -0.05) is 31.0 Å². The van der Waals surface area contributed by atoms with Gasteiger partial charge >= 0.3 is 0 Å². The molecule has 4 rings (SSSR count). The number of sulfonamides is 1. The molecule has 0 bridgehead atoms. The molecule has 0 spiro atoms. The number of hydrogen-bond donors (Lipinski definition) is 2. The number of carbonyl (C=O) groups excluding carboxylic acids is 2. The van der Waals surface area contributed by atoms with Crippen LogP contribution in [0.3, 0.4) is 0 Å². The summed E-state index contributed by atoms with van der Waals surface area (Å²) < 4.78 is 27.5. The van der Waals surface area contributed by atoms with Crippen molar-refractivity contribution < 1.29 is 18.0 Å². The molecule has 2 aromatic carbocycles. The molecule has 7 nitrogen and oxygen atoms in total. The van der Waals surface area contributed by atoms with Crippen molar-refractivity contribution in [2.45, 2.75) is 49.5 Å². The summed E-state index contributed by atoms with van der Waals surface area (Å²) in [6, 6.07) is 14.8. The fourth-order valence-corrected chi connectivity index (χ4v) is 5.52. The van der Waals surface area contributed by atoms with Crippen LogP contribution in [0.25, 0.3) is 0 Å². The van der Waals surface area contributed by atoms with Crippen molar-refractivity contribution in [1.82, 2.24) is 10.2 Å². The van der Waals surface area contributed by atoms with Gasteiger partial charge in [0.05, 0.1) is 10.8 Å². The highest BCUT2D eigenvalue weighted by atomic mass is 32.2. The monoisotopic (exact) mass is 455 g/mol. The van der Waals surface area contributed by atoms with Crippen molar-refractivity contribution in [2.24, 2.45) is 5.92 Å². The molecular formula is C24H29N3O4S. The topological polar surface area (TPSA) is 95.6 Å². The van der Waals surface area contributed by atoms with Crippen molar-refractivity contribution in [1.29, 1.82) is 0 Å². The fraction of sp³-hybridized carbons (Fsp3) is 0.417. The molecule has 32 heavy (non-hydrogen) atoms. The van der Waals surface area contributed by atoms with Crippen LogP contribution in [-0.4, -0.2) is 44.3 Å². The van der Waals surface area contributed by atoms with Crippen LogP contribution in [0.4, 0.5) is 5.69 Å². The highest BCUT2D eigenvalue weighted by Crippen LogP contribution is 2.23. The van der Waals surface area contributed by atoms with E-state index in [1.54, 1.807) is 47.4 Å². The Morgan fingerprint density at radius 1 is 0.875 bits per heavy atom. The molecule has 1 saturated heterocycles. The van der Waals surface area contributed by atoms with Gasteiger partial charge in [0.25, 0.3) is 15.9 Å². The number of benzene rings is 2. The first-order valence-corrected chi connectivity index (χ1v) is 12.7. The lowest BCUT2D eigenvalue weighted by atomic mass is 9.96. The fourth-order valence-electron chi connectivity index (χ4n) is 4.44. The number of hydrogen-bond acceptors (Lipinski definition) is 4. The number of amides is 2. The summed E-state index contributed by atoms with van der Waals surface area (Å²) in [5.41, 5.74) is 0.863. The third-order valence-corrected chi connectivity index (χ3v) is 7.62. The van der Waals surface area contributed by atoms with E-state index in [1.165, 1.54) is 12.1 Å². The lowest BCUT2D eigenvalue weighted by Gasteiger charge is -2.32. The first-order valence-electron chi connectivity index (χ1n) is 11.2. The van der Waals surface area contributed by atoms with Crippen LogP contribution < -0.4 is 10.0 Å². The van der Waals surface area contributed by atoms with Gasteiger partial charge in [0.2, 0.25) is 5.91 Å². The summed E-state index contributed by atoms with van der Waals surface area (Å²) in [7, 11) is -3.68. The lowest BCUT2D eigenvalue weighted by Crippen LogP contribution is -2.47. The van der Waals surface area contributed by atoms with E-state index in [1.807, 2.05) is 0 Å². The number of likely N-dealkylation sites (tertiary alicyclic amines) is 1. The maximum atomic E-state index is 13.0. The van der Waals surface area contributed by atoms with Crippen molar-refractivity contribution in [3.05, 3.63) is 60.2 Å². The van der Waals surface area contributed by atoms with Crippen LogP contribution in [0.5, 0.6) is 0 Å². The first kappa shape index (κ1) is 22.3. The molecule has 8 heteroatoms.